The molecule has 1 aliphatic rings. The van der Waals surface area contributed by atoms with Crippen molar-refractivity contribution in [1.82, 2.24) is 9.88 Å². The molecule has 1 aromatic heterocycles. The third kappa shape index (κ3) is 3.78. The molecule has 0 amide bonds. The van der Waals surface area contributed by atoms with E-state index >= 15 is 0 Å². The van der Waals surface area contributed by atoms with E-state index in [9.17, 15) is 14.7 Å². The lowest BCUT2D eigenvalue weighted by Gasteiger charge is -2.44. The van der Waals surface area contributed by atoms with Crippen LogP contribution in [-0.2, 0) is 9.59 Å². The highest BCUT2D eigenvalue weighted by Gasteiger charge is 2.53. The Bertz CT molecular complexity index is 776. The molecule has 3 rings (SSSR count). The van der Waals surface area contributed by atoms with E-state index in [0.29, 0.717) is 31.9 Å². The summed E-state index contributed by atoms with van der Waals surface area (Å²) in [5.41, 5.74) is -0.989. The molecule has 7 nitrogen and oxygen atoms in total. The van der Waals surface area contributed by atoms with Crippen LogP contribution in [0.25, 0.3) is 0 Å². The van der Waals surface area contributed by atoms with E-state index in [1.54, 1.807) is 48.5 Å². The zero-order chi connectivity index (χ0) is 19.3. The zero-order valence-corrected chi connectivity index (χ0v) is 15.2. The fourth-order valence-corrected chi connectivity index (χ4v) is 3.33. The lowest BCUT2D eigenvalue weighted by molar-refractivity contribution is -0.182. The predicted octanol–water partition coefficient (Wildman–Crippen LogP) is 2.04. The minimum atomic E-state index is -2.01. The molecule has 27 heavy (non-hydrogen) atoms. The zero-order valence-electron chi connectivity index (χ0n) is 15.2. The topological polar surface area (TPSA) is 83.0 Å². The van der Waals surface area contributed by atoms with Crippen molar-refractivity contribution in [2.45, 2.75) is 19.1 Å². The summed E-state index contributed by atoms with van der Waals surface area (Å²) in [6, 6.07) is 12.5. The number of carbonyl (C=O) groups is 2. The average molecular weight is 369 g/mol. The Morgan fingerprint density at radius 1 is 1.07 bits per heavy atom. The van der Waals surface area contributed by atoms with Gasteiger partial charge in [0.15, 0.2) is 0 Å². The van der Waals surface area contributed by atoms with Crippen molar-refractivity contribution >= 4 is 17.4 Å². The Balaban J connectivity index is 1.85. The number of benzene rings is 1. The van der Waals surface area contributed by atoms with Gasteiger partial charge in [-0.05, 0) is 24.3 Å². The molecule has 1 fully saturated rings. The lowest BCUT2D eigenvalue weighted by Crippen LogP contribution is -2.67. The van der Waals surface area contributed by atoms with Gasteiger partial charge in [-0.1, -0.05) is 25.1 Å². The van der Waals surface area contributed by atoms with E-state index < -0.39 is 17.5 Å². The standard InChI is InChI=1S/C20H23N3O4/c1-2-18(24)20(19(25)26,27-17-6-4-3-5-7-17)23-14-12-22(13-15-23)16-8-10-21-11-9-16/h3-11H,2,12-15H2,1H3,(H,25,26). The number of rotatable bonds is 7. The molecule has 142 valence electrons. The SMILES string of the molecule is CCC(=O)C(Oc1ccccc1)(C(=O)O)N1CCN(c2ccncc2)CC1. The van der Waals surface area contributed by atoms with Gasteiger partial charge in [-0.25, -0.2) is 9.69 Å². The van der Waals surface area contributed by atoms with E-state index in [4.69, 9.17) is 4.74 Å². The van der Waals surface area contributed by atoms with Crippen molar-refractivity contribution in [2.24, 2.45) is 0 Å². The largest absolute Gasteiger partial charge is 0.477 e. The van der Waals surface area contributed by atoms with Crippen molar-refractivity contribution < 1.29 is 19.4 Å². The minimum absolute atomic E-state index is 0.0731. The van der Waals surface area contributed by atoms with Crippen LogP contribution in [0.1, 0.15) is 13.3 Å². The van der Waals surface area contributed by atoms with Gasteiger partial charge in [0.1, 0.15) is 5.75 Å². The summed E-state index contributed by atoms with van der Waals surface area (Å²) < 4.78 is 5.84. The molecule has 1 unspecified atom stereocenters. The summed E-state index contributed by atoms with van der Waals surface area (Å²) in [4.78, 5) is 32.8. The van der Waals surface area contributed by atoms with Crippen LogP contribution in [0, 0.1) is 0 Å². The first-order valence-corrected chi connectivity index (χ1v) is 8.98. The average Bonchev–Trinajstić information content (AvgIpc) is 2.73. The van der Waals surface area contributed by atoms with Gasteiger partial charge in [0, 0.05) is 50.7 Å². The van der Waals surface area contributed by atoms with Crippen molar-refractivity contribution in [1.29, 1.82) is 0 Å². The molecule has 0 radical (unpaired) electrons. The minimum Gasteiger partial charge on any atom is -0.477 e. The number of pyridine rings is 1. The van der Waals surface area contributed by atoms with E-state index in [0.717, 1.165) is 5.69 Å². The van der Waals surface area contributed by atoms with E-state index in [1.165, 1.54) is 0 Å². The normalized spacial score (nSPS) is 17.1. The highest BCUT2D eigenvalue weighted by Crippen LogP contribution is 2.27. The second kappa shape index (κ2) is 8.18. The maximum Gasteiger partial charge on any atom is 0.372 e. The number of ether oxygens (including phenoxy) is 1. The monoisotopic (exact) mass is 369 g/mol. The molecule has 1 saturated heterocycles. The molecule has 0 aliphatic carbocycles. The van der Waals surface area contributed by atoms with Crippen molar-refractivity contribution in [3.63, 3.8) is 0 Å². The Labute approximate surface area is 158 Å². The molecule has 1 aliphatic heterocycles. The van der Waals surface area contributed by atoms with Gasteiger partial charge in [-0.3, -0.25) is 9.78 Å². The molecule has 0 saturated carbocycles. The summed E-state index contributed by atoms with van der Waals surface area (Å²) in [6.45, 7) is 3.63. The van der Waals surface area contributed by atoms with Gasteiger partial charge in [-0.2, -0.15) is 0 Å². The second-order valence-electron chi connectivity index (χ2n) is 6.32. The molecular weight excluding hydrogens is 346 g/mol. The van der Waals surface area contributed by atoms with Gasteiger partial charge in [0.05, 0.1) is 0 Å². The molecule has 2 aromatic rings. The number of carbonyl (C=O) groups excluding carboxylic acids is 1. The predicted molar refractivity (Wildman–Crippen MR) is 101 cm³/mol. The number of anilines is 1. The Hall–Kier alpha value is -2.93. The van der Waals surface area contributed by atoms with Crippen LogP contribution in [-0.4, -0.2) is 58.6 Å². The van der Waals surface area contributed by atoms with Gasteiger partial charge < -0.3 is 14.7 Å². The first kappa shape index (κ1) is 18.8. The summed E-state index contributed by atoms with van der Waals surface area (Å²) in [5.74, 6) is -1.38. The van der Waals surface area contributed by atoms with Gasteiger partial charge in [0.2, 0.25) is 5.78 Å². The Morgan fingerprint density at radius 2 is 1.70 bits per heavy atom. The summed E-state index contributed by atoms with van der Waals surface area (Å²) in [5, 5.41) is 10.0. The van der Waals surface area contributed by atoms with Crippen LogP contribution >= 0.6 is 0 Å². The molecule has 7 heteroatoms. The highest BCUT2D eigenvalue weighted by atomic mass is 16.6. The highest BCUT2D eigenvalue weighted by molar-refractivity contribution is 6.06. The van der Waals surface area contributed by atoms with Crippen LogP contribution in [0.15, 0.2) is 54.9 Å². The number of Topliss-reactive ketones (excluding diaryl/α,β-unsaturated/α-hetero) is 1. The number of aromatic nitrogens is 1. The molecule has 1 atom stereocenters. The van der Waals surface area contributed by atoms with Gasteiger partial charge >= 0.3 is 11.7 Å². The molecular formula is C20H23N3O4. The first-order valence-electron chi connectivity index (χ1n) is 8.98. The van der Waals surface area contributed by atoms with Crippen LogP contribution in [0.4, 0.5) is 5.69 Å². The van der Waals surface area contributed by atoms with Gasteiger partial charge in [0.25, 0.3) is 0 Å². The molecule has 0 spiro atoms. The number of carboxylic acids is 1. The van der Waals surface area contributed by atoms with Crippen LogP contribution < -0.4 is 9.64 Å². The number of nitrogens with zero attached hydrogens (tertiary/aromatic N) is 3. The van der Waals surface area contributed by atoms with Crippen molar-refractivity contribution in [2.75, 3.05) is 31.1 Å². The quantitative estimate of drug-likeness (QED) is 0.748. The van der Waals surface area contributed by atoms with Crippen molar-refractivity contribution in [3.8, 4) is 5.75 Å². The van der Waals surface area contributed by atoms with Crippen molar-refractivity contribution in [3.05, 3.63) is 54.9 Å². The van der Waals surface area contributed by atoms with Crippen LogP contribution in [0.5, 0.6) is 5.75 Å². The maximum absolute atomic E-state index is 12.8. The molecule has 1 N–H and O–H groups in total. The molecule has 2 heterocycles. The van der Waals surface area contributed by atoms with Gasteiger partial charge in [-0.15, -0.1) is 0 Å². The summed E-state index contributed by atoms with van der Waals surface area (Å²) in [7, 11) is 0. The smallest absolute Gasteiger partial charge is 0.372 e. The van der Waals surface area contributed by atoms with E-state index in [2.05, 4.69) is 9.88 Å². The van der Waals surface area contributed by atoms with Crippen LogP contribution in [0.2, 0.25) is 0 Å². The first-order chi connectivity index (χ1) is 13.1. The summed E-state index contributed by atoms with van der Waals surface area (Å²) >= 11 is 0. The van der Waals surface area contributed by atoms with E-state index in [-0.39, 0.29) is 6.42 Å². The number of para-hydroxylation sites is 1. The number of ketones is 1. The number of piperazine rings is 1. The maximum atomic E-state index is 12.8. The Morgan fingerprint density at radius 3 is 2.26 bits per heavy atom. The fourth-order valence-electron chi connectivity index (χ4n) is 3.33. The lowest BCUT2D eigenvalue weighted by atomic mass is 10.0. The fraction of sp³-hybridized carbons (Fsp3) is 0.350. The second-order valence-corrected chi connectivity index (χ2v) is 6.32. The third-order valence-electron chi connectivity index (χ3n) is 4.75. The Kier molecular flexibility index (Phi) is 5.71. The number of hydrogen-bond acceptors (Lipinski definition) is 6. The number of carboxylic acid groups (broad SMARTS) is 1. The number of aliphatic carboxylic acids is 1. The molecule has 0 bridgehead atoms. The van der Waals surface area contributed by atoms with E-state index in [1.807, 2.05) is 18.2 Å². The third-order valence-corrected chi connectivity index (χ3v) is 4.75. The summed E-state index contributed by atoms with van der Waals surface area (Å²) in [6.07, 6.45) is 3.52. The van der Waals surface area contributed by atoms with Crippen LogP contribution in [0.3, 0.4) is 0 Å². The number of hydrogen-bond donors (Lipinski definition) is 1. The molecule has 1 aromatic carbocycles.